The highest BCUT2D eigenvalue weighted by Crippen LogP contribution is 2.28. The van der Waals surface area contributed by atoms with Gasteiger partial charge in [0.25, 0.3) is 0 Å². The lowest BCUT2D eigenvalue weighted by molar-refractivity contribution is 0.415. The summed E-state index contributed by atoms with van der Waals surface area (Å²) in [7, 11) is 1.66. The molecule has 2 heterocycles. The molecule has 0 amide bonds. The molecule has 0 saturated carbocycles. The van der Waals surface area contributed by atoms with Crippen LogP contribution in [0.15, 0.2) is 29.4 Å². The second-order valence-electron chi connectivity index (χ2n) is 4.21. The van der Waals surface area contributed by atoms with Gasteiger partial charge in [-0.05, 0) is 19.1 Å². The van der Waals surface area contributed by atoms with Gasteiger partial charge in [-0.2, -0.15) is 0 Å². The molecule has 0 radical (unpaired) electrons. The van der Waals surface area contributed by atoms with Crippen LogP contribution in [0.4, 0.5) is 0 Å². The summed E-state index contributed by atoms with van der Waals surface area (Å²) in [6, 6.07) is 8.24. The summed E-state index contributed by atoms with van der Waals surface area (Å²) in [6.07, 6.45) is 0. The van der Waals surface area contributed by atoms with Crippen molar-refractivity contribution in [2.24, 2.45) is 0 Å². The van der Waals surface area contributed by atoms with Gasteiger partial charge in [0, 0.05) is 17.4 Å². The summed E-state index contributed by atoms with van der Waals surface area (Å²) in [5.74, 6) is 2.65. The average Bonchev–Trinajstić information content (AvgIpc) is 2.81. The van der Waals surface area contributed by atoms with Crippen molar-refractivity contribution in [1.29, 1.82) is 0 Å². The zero-order valence-electron chi connectivity index (χ0n) is 10.3. The van der Waals surface area contributed by atoms with Gasteiger partial charge in [-0.3, -0.25) is 0 Å². The number of nitrogens with one attached hydrogen (secondary N) is 1. The minimum absolute atomic E-state index is 0.405. The number of benzene rings is 1. The molecule has 0 saturated heterocycles. The molecule has 1 aromatic heterocycles. The molecule has 1 aromatic carbocycles. The van der Waals surface area contributed by atoms with E-state index in [0.29, 0.717) is 6.04 Å². The van der Waals surface area contributed by atoms with Crippen LogP contribution in [0.5, 0.6) is 5.75 Å². The van der Waals surface area contributed by atoms with Crippen molar-refractivity contribution in [3.63, 3.8) is 0 Å². The number of fused-ring (bicyclic) bond motifs is 1. The fraction of sp³-hybridized carbons (Fsp3) is 0.333. The number of thioether (sulfide) groups is 1. The van der Waals surface area contributed by atoms with Crippen LogP contribution in [0.3, 0.4) is 0 Å². The molecular weight excluding hydrogens is 248 g/mol. The van der Waals surface area contributed by atoms with E-state index in [0.717, 1.165) is 28.0 Å². The molecule has 18 heavy (non-hydrogen) atoms. The predicted molar refractivity (Wildman–Crippen MR) is 71.6 cm³/mol. The smallest absolute Gasteiger partial charge is 0.210 e. The third-order valence-electron chi connectivity index (χ3n) is 2.77. The molecule has 1 atom stereocenters. The molecule has 0 fully saturated rings. The van der Waals surface area contributed by atoms with Gasteiger partial charge >= 0.3 is 0 Å². The van der Waals surface area contributed by atoms with Gasteiger partial charge in [-0.1, -0.05) is 23.9 Å². The Hall–Kier alpha value is -1.69. The lowest BCUT2D eigenvalue weighted by Gasteiger charge is -2.22. The lowest BCUT2D eigenvalue weighted by atomic mass is 10.2. The molecule has 1 unspecified atom stereocenters. The van der Waals surface area contributed by atoms with Crippen LogP contribution in [0.25, 0.3) is 11.4 Å². The third kappa shape index (κ3) is 1.92. The van der Waals surface area contributed by atoms with Crippen molar-refractivity contribution < 1.29 is 4.74 Å². The van der Waals surface area contributed by atoms with Gasteiger partial charge in [-0.25, -0.2) is 4.68 Å². The van der Waals surface area contributed by atoms with Gasteiger partial charge in [0.05, 0.1) is 7.11 Å². The summed E-state index contributed by atoms with van der Waals surface area (Å²) in [6.45, 7) is 2.14. The van der Waals surface area contributed by atoms with E-state index in [1.807, 2.05) is 28.9 Å². The van der Waals surface area contributed by atoms with Crippen molar-refractivity contribution in [2.45, 2.75) is 18.1 Å². The van der Waals surface area contributed by atoms with Crippen LogP contribution in [-0.2, 0) is 0 Å². The SMILES string of the molecule is COc1cccc(-c2nnc3n2NC(C)CS3)c1. The second kappa shape index (κ2) is 4.53. The van der Waals surface area contributed by atoms with E-state index in [4.69, 9.17) is 4.74 Å². The largest absolute Gasteiger partial charge is 0.497 e. The zero-order valence-corrected chi connectivity index (χ0v) is 11.1. The minimum atomic E-state index is 0.405. The molecule has 6 heteroatoms. The first-order valence-electron chi connectivity index (χ1n) is 5.77. The molecule has 94 valence electrons. The molecule has 3 rings (SSSR count). The maximum atomic E-state index is 5.24. The molecule has 2 aromatic rings. The van der Waals surface area contributed by atoms with Crippen LogP contribution >= 0.6 is 11.8 Å². The van der Waals surface area contributed by atoms with E-state index in [-0.39, 0.29) is 0 Å². The number of methoxy groups -OCH3 is 1. The number of aromatic nitrogens is 3. The van der Waals surface area contributed by atoms with Crippen molar-refractivity contribution in [1.82, 2.24) is 14.9 Å². The van der Waals surface area contributed by atoms with Crippen LogP contribution in [0.2, 0.25) is 0 Å². The van der Waals surface area contributed by atoms with Crippen LogP contribution < -0.4 is 10.2 Å². The Balaban J connectivity index is 2.04. The number of nitrogens with zero attached hydrogens (tertiary/aromatic N) is 3. The monoisotopic (exact) mass is 262 g/mol. The molecular formula is C12H14N4OS. The van der Waals surface area contributed by atoms with Crippen molar-refractivity contribution in [3.8, 4) is 17.1 Å². The molecule has 1 aliphatic rings. The quantitative estimate of drug-likeness (QED) is 0.897. The van der Waals surface area contributed by atoms with Crippen LogP contribution in [0, 0.1) is 0 Å². The normalized spacial score (nSPS) is 18.0. The Kier molecular flexibility index (Phi) is 2.87. The summed E-state index contributed by atoms with van der Waals surface area (Å²) in [5.41, 5.74) is 4.37. The Labute approximate surface area is 110 Å². The Morgan fingerprint density at radius 1 is 1.44 bits per heavy atom. The molecule has 1 aliphatic heterocycles. The highest BCUT2D eigenvalue weighted by molar-refractivity contribution is 7.99. The molecule has 0 spiro atoms. The van der Waals surface area contributed by atoms with Crippen LogP contribution in [-0.4, -0.2) is 33.8 Å². The molecule has 5 nitrogen and oxygen atoms in total. The first-order valence-corrected chi connectivity index (χ1v) is 6.75. The van der Waals surface area contributed by atoms with E-state index in [1.54, 1.807) is 18.9 Å². The summed E-state index contributed by atoms with van der Waals surface area (Å²) in [5, 5.41) is 9.36. The molecule has 0 bridgehead atoms. The minimum Gasteiger partial charge on any atom is -0.497 e. The number of hydrogen-bond donors (Lipinski definition) is 1. The van der Waals surface area contributed by atoms with Gasteiger partial charge in [0.1, 0.15) is 5.75 Å². The molecule has 1 N–H and O–H groups in total. The van der Waals surface area contributed by atoms with E-state index in [1.165, 1.54) is 0 Å². The Morgan fingerprint density at radius 3 is 3.17 bits per heavy atom. The van der Waals surface area contributed by atoms with Gasteiger partial charge < -0.3 is 10.2 Å². The number of hydrogen-bond acceptors (Lipinski definition) is 5. The average molecular weight is 262 g/mol. The summed E-state index contributed by atoms with van der Waals surface area (Å²) >= 11 is 1.72. The number of ether oxygens (including phenoxy) is 1. The first-order chi connectivity index (χ1) is 8.78. The van der Waals surface area contributed by atoms with E-state index in [2.05, 4.69) is 22.5 Å². The van der Waals surface area contributed by atoms with Gasteiger partial charge in [-0.15, -0.1) is 10.2 Å². The zero-order chi connectivity index (χ0) is 12.5. The number of rotatable bonds is 2. The second-order valence-corrected chi connectivity index (χ2v) is 5.20. The van der Waals surface area contributed by atoms with E-state index >= 15 is 0 Å². The Morgan fingerprint density at radius 2 is 2.33 bits per heavy atom. The summed E-state index contributed by atoms with van der Waals surface area (Å²) < 4.78 is 7.19. The van der Waals surface area contributed by atoms with Gasteiger partial charge in [0.2, 0.25) is 5.16 Å². The van der Waals surface area contributed by atoms with Crippen molar-refractivity contribution >= 4 is 11.8 Å². The Bertz CT molecular complexity index is 569. The van der Waals surface area contributed by atoms with E-state index in [9.17, 15) is 0 Å². The fourth-order valence-corrected chi connectivity index (χ4v) is 2.73. The first kappa shape index (κ1) is 11.4. The topological polar surface area (TPSA) is 52.0 Å². The van der Waals surface area contributed by atoms with Crippen molar-refractivity contribution in [2.75, 3.05) is 18.3 Å². The third-order valence-corrected chi connectivity index (χ3v) is 3.96. The highest BCUT2D eigenvalue weighted by Gasteiger charge is 2.21. The standard InChI is InChI=1S/C12H14N4OS/c1-8-7-18-12-14-13-11(16(12)15-8)9-4-3-5-10(6-9)17-2/h3-6,8,15H,7H2,1-2H3. The van der Waals surface area contributed by atoms with Gasteiger partial charge in [0.15, 0.2) is 5.82 Å². The predicted octanol–water partition coefficient (Wildman–Crippen LogP) is 1.99. The van der Waals surface area contributed by atoms with Crippen LogP contribution in [0.1, 0.15) is 6.92 Å². The van der Waals surface area contributed by atoms with E-state index < -0.39 is 0 Å². The molecule has 0 aliphatic carbocycles. The fourth-order valence-electron chi connectivity index (χ4n) is 1.89. The maximum Gasteiger partial charge on any atom is 0.210 e. The highest BCUT2D eigenvalue weighted by atomic mass is 32.2. The van der Waals surface area contributed by atoms with Crippen molar-refractivity contribution in [3.05, 3.63) is 24.3 Å². The lowest BCUT2D eigenvalue weighted by Crippen LogP contribution is -2.32. The maximum absolute atomic E-state index is 5.24. The summed E-state index contributed by atoms with van der Waals surface area (Å²) in [4.78, 5) is 0.